The van der Waals surface area contributed by atoms with Gasteiger partial charge in [0, 0.05) is 18.5 Å². The van der Waals surface area contributed by atoms with E-state index < -0.39 is 11.6 Å². The van der Waals surface area contributed by atoms with Crippen LogP contribution in [-0.4, -0.2) is 59.9 Å². The van der Waals surface area contributed by atoms with E-state index in [2.05, 4.69) is 5.32 Å². The van der Waals surface area contributed by atoms with Crippen LogP contribution in [0.1, 0.15) is 17.5 Å². The fraction of sp³-hybridized carbons (Fsp3) is 0.348. The summed E-state index contributed by atoms with van der Waals surface area (Å²) in [4.78, 5) is 40.8. The lowest BCUT2D eigenvalue weighted by atomic mass is 9.78. The van der Waals surface area contributed by atoms with Crippen molar-refractivity contribution in [1.82, 2.24) is 15.1 Å². The first-order valence-corrected chi connectivity index (χ1v) is 10.6. The number of carbonyl (C=O) groups is 3. The Labute approximate surface area is 185 Å². The zero-order chi connectivity index (χ0) is 22.0. The van der Waals surface area contributed by atoms with E-state index in [4.69, 9.17) is 16.3 Å². The summed E-state index contributed by atoms with van der Waals surface area (Å²) < 4.78 is 5.61. The van der Waals surface area contributed by atoms with Gasteiger partial charge in [-0.15, -0.1) is 0 Å². The van der Waals surface area contributed by atoms with Gasteiger partial charge in [-0.1, -0.05) is 35.9 Å². The van der Waals surface area contributed by atoms with Crippen LogP contribution >= 0.6 is 11.6 Å². The van der Waals surface area contributed by atoms with Crippen LogP contribution in [0.2, 0.25) is 5.02 Å². The number of hydrogen-bond donors (Lipinski definition) is 1. The predicted octanol–water partition coefficient (Wildman–Crippen LogP) is 2.66. The maximum atomic E-state index is 13.1. The second-order valence-electron chi connectivity index (χ2n) is 7.97. The summed E-state index contributed by atoms with van der Waals surface area (Å²) in [6, 6.07) is 14.4. The minimum atomic E-state index is -0.956. The third-order valence-electron chi connectivity index (χ3n) is 5.91. The third kappa shape index (κ3) is 4.37. The molecule has 4 amide bonds. The number of likely N-dealkylation sites (N-methyl/N-ethyl adjacent to an activating group) is 1. The Morgan fingerprint density at radius 2 is 1.87 bits per heavy atom. The predicted molar refractivity (Wildman–Crippen MR) is 116 cm³/mol. The number of urea groups is 1. The summed E-state index contributed by atoms with van der Waals surface area (Å²) in [5.41, 5.74) is 1.30. The molecule has 0 aromatic heterocycles. The Kier molecular flexibility index (Phi) is 5.87. The number of halogens is 1. The lowest BCUT2D eigenvalue weighted by Crippen LogP contribution is -2.51. The number of benzene rings is 2. The molecule has 0 radical (unpaired) electrons. The van der Waals surface area contributed by atoms with Gasteiger partial charge in [0.05, 0.1) is 6.54 Å². The summed E-state index contributed by atoms with van der Waals surface area (Å²) >= 11 is 5.85. The van der Waals surface area contributed by atoms with Crippen molar-refractivity contribution in [3.8, 4) is 5.75 Å². The summed E-state index contributed by atoms with van der Waals surface area (Å²) in [6.45, 7) is 0.319. The van der Waals surface area contributed by atoms with E-state index in [-0.39, 0.29) is 25.0 Å². The van der Waals surface area contributed by atoms with E-state index in [0.29, 0.717) is 36.6 Å². The second-order valence-corrected chi connectivity index (χ2v) is 8.40. The Balaban J connectivity index is 1.33. The van der Waals surface area contributed by atoms with Gasteiger partial charge in [0.1, 0.15) is 24.4 Å². The van der Waals surface area contributed by atoms with Crippen molar-refractivity contribution >= 4 is 29.4 Å². The molecule has 31 heavy (non-hydrogen) atoms. The second kappa shape index (κ2) is 8.59. The Bertz CT molecular complexity index is 1010. The van der Waals surface area contributed by atoms with Gasteiger partial charge in [-0.3, -0.25) is 14.5 Å². The summed E-state index contributed by atoms with van der Waals surface area (Å²) in [5.74, 6) is 0.00139. The van der Waals surface area contributed by atoms with Gasteiger partial charge in [-0.05, 0) is 48.2 Å². The van der Waals surface area contributed by atoms with Gasteiger partial charge < -0.3 is 15.0 Å². The molecule has 1 atom stereocenters. The topological polar surface area (TPSA) is 79.0 Å². The van der Waals surface area contributed by atoms with E-state index in [1.807, 2.05) is 24.3 Å². The molecule has 1 N–H and O–H groups in total. The molecule has 7 nitrogen and oxygen atoms in total. The molecule has 1 heterocycles. The first-order valence-electron chi connectivity index (χ1n) is 10.2. The first-order chi connectivity index (χ1) is 14.9. The highest BCUT2D eigenvalue weighted by atomic mass is 35.5. The number of nitrogens with zero attached hydrogens (tertiary/aromatic N) is 2. The number of fused-ring (bicyclic) bond motifs is 1. The molecule has 2 aromatic rings. The Hall–Kier alpha value is -3.06. The highest BCUT2D eigenvalue weighted by Crippen LogP contribution is 2.33. The number of carbonyl (C=O) groups excluding carboxylic acids is 3. The minimum Gasteiger partial charge on any atom is -0.492 e. The van der Waals surface area contributed by atoms with Gasteiger partial charge in [0.25, 0.3) is 5.91 Å². The smallest absolute Gasteiger partial charge is 0.325 e. The average molecular weight is 442 g/mol. The summed E-state index contributed by atoms with van der Waals surface area (Å²) in [7, 11) is 1.62. The van der Waals surface area contributed by atoms with E-state index >= 15 is 0 Å². The van der Waals surface area contributed by atoms with Gasteiger partial charge in [-0.2, -0.15) is 0 Å². The van der Waals surface area contributed by atoms with Crippen molar-refractivity contribution in [1.29, 1.82) is 0 Å². The van der Waals surface area contributed by atoms with E-state index in [9.17, 15) is 14.4 Å². The van der Waals surface area contributed by atoms with E-state index in [1.54, 1.807) is 31.3 Å². The number of amides is 4. The SMILES string of the molecule is CN(CCOc1ccc(Cl)cc1)C(=O)CN1C(=O)NC2(CCc3ccccc3C2)C1=O. The molecule has 1 aliphatic heterocycles. The zero-order valence-corrected chi connectivity index (χ0v) is 18.0. The number of nitrogens with one attached hydrogen (secondary N) is 1. The van der Waals surface area contributed by atoms with Gasteiger partial charge >= 0.3 is 6.03 Å². The van der Waals surface area contributed by atoms with Crippen molar-refractivity contribution in [2.24, 2.45) is 0 Å². The lowest BCUT2D eigenvalue weighted by molar-refractivity contribution is -0.138. The number of hydrogen-bond acceptors (Lipinski definition) is 4. The largest absolute Gasteiger partial charge is 0.492 e. The molecule has 1 unspecified atom stereocenters. The van der Waals surface area contributed by atoms with Crippen LogP contribution in [0.25, 0.3) is 0 Å². The molecular weight excluding hydrogens is 418 g/mol. The number of imide groups is 1. The third-order valence-corrected chi connectivity index (χ3v) is 6.16. The molecule has 1 aliphatic carbocycles. The molecule has 1 spiro atoms. The number of rotatable bonds is 6. The average Bonchev–Trinajstić information content (AvgIpc) is 2.98. The van der Waals surface area contributed by atoms with Crippen LogP contribution < -0.4 is 10.1 Å². The molecule has 2 aromatic carbocycles. The minimum absolute atomic E-state index is 0.282. The summed E-state index contributed by atoms with van der Waals surface area (Å²) in [5, 5.41) is 3.47. The van der Waals surface area contributed by atoms with Crippen molar-refractivity contribution in [3.05, 3.63) is 64.7 Å². The van der Waals surface area contributed by atoms with Crippen LogP contribution in [0, 0.1) is 0 Å². The molecule has 0 bridgehead atoms. The molecule has 8 heteroatoms. The standard InChI is InChI=1S/C23H24ClN3O4/c1-26(12-13-31-19-8-6-18(24)7-9-19)20(28)15-27-21(29)23(25-22(27)30)11-10-16-4-2-3-5-17(16)14-23/h2-9H,10-15H2,1H3,(H,25,30). The maximum absolute atomic E-state index is 13.1. The van der Waals surface area contributed by atoms with Gasteiger partial charge in [0.15, 0.2) is 0 Å². The fourth-order valence-corrected chi connectivity index (χ4v) is 4.18. The Morgan fingerprint density at radius 1 is 1.16 bits per heavy atom. The number of ether oxygens (including phenoxy) is 1. The normalized spacial score (nSPS) is 19.9. The molecule has 1 fully saturated rings. The van der Waals surface area contributed by atoms with E-state index in [1.165, 1.54) is 10.5 Å². The lowest BCUT2D eigenvalue weighted by Gasteiger charge is -2.32. The van der Waals surface area contributed by atoms with Crippen molar-refractivity contribution in [2.75, 3.05) is 26.7 Å². The van der Waals surface area contributed by atoms with Crippen LogP contribution in [-0.2, 0) is 22.4 Å². The monoisotopic (exact) mass is 441 g/mol. The highest BCUT2D eigenvalue weighted by Gasteiger charge is 2.52. The van der Waals surface area contributed by atoms with Gasteiger partial charge in [-0.25, -0.2) is 4.79 Å². The quantitative estimate of drug-likeness (QED) is 0.699. The fourth-order valence-electron chi connectivity index (χ4n) is 4.06. The van der Waals surface area contributed by atoms with Crippen molar-refractivity contribution in [3.63, 3.8) is 0 Å². The number of aryl methyl sites for hydroxylation is 1. The Morgan fingerprint density at radius 3 is 2.61 bits per heavy atom. The van der Waals surface area contributed by atoms with Gasteiger partial charge in [0.2, 0.25) is 5.91 Å². The first kappa shape index (κ1) is 21.2. The van der Waals surface area contributed by atoms with E-state index in [0.717, 1.165) is 10.5 Å². The van der Waals surface area contributed by atoms with Crippen molar-refractivity contribution in [2.45, 2.75) is 24.8 Å². The molecular formula is C23H24ClN3O4. The maximum Gasteiger partial charge on any atom is 0.325 e. The molecule has 4 rings (SSSR count). The van der Waals surface area contributed by atoms with Crippen LogP contribution in [0.4, 0.5) is 4.79 Å². The van der Waals surface area contributed by atoms with Crippen LogP contribution in [0.3, 0.4) is 0 Å². The van der Waals surface area contributed by atoms with Crippen LogP contribution in [0.15, 0.2) is 48.5 Å². The summed E-state index contributed by atoms with van der Waals surface area (Å²) in [6.07, 6.45) is 1.69. The molecule has 162 valence electrons. The highest BCUT2D eigenvalue weighted by molar-refractivity contribution is 6.30. The van der Waals surface area contributed by atoms with Crippen LogP contribution in [0.5, 0.6) is 5.75 Å². The molecule has 2 aliphatic rings. The zero-order valence-electron chi connectivity index (χ0n) is 17.3. The van der Waals surface area contributed by atoms with Crippen molar-refractivity contribution < 1.29 is 19.1 Å². The molecule has 0 saturated carbocycles. The molecule has 1 saturated heterocycles.